The van der Waals surface area contributed by atoms with E-state index in [1.807, 2.05) is 18.2 Å². The Hall–Kier alpha value is -4.70. The van der Waals surface area contributed by atoms with Gasteiger partial charge in [-0.15, -0.1) is 10.2 Å². The lowest BCUT2D eigenvalue weighted by Crippen LogP contribution is -2.17. The van der Waals surface area contributed by atoms with Gasteiger partial charge in [-0.25, -0.2) is 0 Å². The quantitative estimate of drug-likeness (QED) is 0.283. The molecule has 0 fully saturated rings. The van der Waals surface area contributed by atoms with Gasteiger partial charge in [0.05, 0.1) is 17.1 Å². The molecule has 5 aromatic carbocycles. The number of hydrogen-bond donors (Lipinski definition) is 0. The molecule has 1 aliphatic heterocycles. The molecule has 0 radical (unpaired) electrons. The Kier molecular flexibility index (Phi) is 3.96. The van der Waals surface area contributed by atoms with Crippen LogP contribution < -0.4 is 4.90 Å². The molecule has 0 saturated heterocycles. The second-order valence-electron chi connectivity index (χ2n) is 8.51. The zero-order valence-electron chi connectivity index (χ0n) is 18.4. The molecule has 0 unspecified atom stereocenters. The van der Waals surface area contributed by atoms with E-state index < -0.39 is 0 Å². The number of hydrogen-bond acceptors (Lipinski definition) is 3. The van der Waals surface area contributed by atoms with Crippen LogP contribution in [0.15, 0.2) is 116 Å². The standard InChI is InChI=1S/C30H20N4/c1-20-24-9-4-6-12-28(24)33(29-13-7-5-10-25(20)29)22-15-17-23(18-16-22)34-31-27-19-14-21-8-2-3-11-26(21)30(27)32-34/h2-19H,1H2. The van der Waals surface area contributed by atoms with Gasteiger partial charge in [0.25, 0.3) is 0 Å². The fraction of sp³-hybridized carbons (Fsp3) is 0. The van der Waals surface area contributed by atoms with Crippen LogP contribution in [0.3, 0.4) is 0 Å². The lowest BCUT2D eigenvalue weighted by atomic mass is 9.91. The highest BCUT2D eigenvalue weighted by Crippen LogP contribution is 2.47. The van der Waals surface area contributed by atoms with Crippen molar-refractivity contribution in [1.29, 1.82) is 0 Å². The molecular weight excluding hydrogens is 416 g/mol. The summed E-state index contributed by atoms with van der Waals surface area (Å²) in [6.45, 7) is 4.37. The molecular formula is C30H20N4. The van der Waals surface area contributed by atoms with Gasteiger partial charge in [0.2, 0.25) is 0 Å². The van der Waals surface area contributed by atoms with E-state index in [-0.39, 0.29) is 0 Å². The van der Waals surface area contributed by atoms with Gasteiger partial charge in [-0.3, -0.25) is 0 Å². The van der Waals surface area contributed by atoms with E-state index in [0.717, 1.165) is 55.9 Å². The lowest BCUT2D eigenvalue weighted by molar-refractivity contribution is 0.766. The largest absolute Gasteiger partial charge is 0.309 e. The van der Waals surface area contributed by atoms with Gasteiger partial charge in [-0.05, 0) is 53.4 Å². The second kappa shape index (κ2) is 7.15. The van der Waals surface area contributed by atoms with Crippen LogP contribution in [-0.4, -0.2) is 15.0 Å². The molecule has 6 aromatic rings. The van der Waals surface area contributed by atoms with Crippen LogP contribution in [0.2, 0.25) is 0 Å². The summed E-state index contributed by atoms with van der Waals surface area (Å²) in [4.78, 5) is 4.02. The molecule has 0 spiro atoms. The second-order valence-corrected chi connectivity index (χ2v) is 8.51. The molecule has 1 aromatic heterocycles. The molecule has 4 heteroatoms. The van der Waals surface area contributed by atoms with Crippen molar-refractivity contribution < 1.29 is 0 Å². The van der Waals surface area contributed by atoms with Gasteiger partial charge in [-0.1, -0.05) is 73.3 Å². The van der Waals surface area contributed by atoms with E-state index in [9.17, 15) is 0 Å². The van der Waals surface area contributed by atoms with Crippen LogP contribution in [0.1, 0.15) is 11.1 Å². The third kappa shape index (κ3) is 2.72. The molecule has 0 aliphatic carbocycles. The third-order valence-electron chi connectivity index (χ3n) is 6.56. The first-order valence-electron chi connectivity index (χ1n) is 11.3. The van der Waals surface area contributed by atoms with Gasteiger partial charge in [0.15, 0.2) is 0 Å². The van der Waals surface area contributed by atoms with Crippen molar-refractivity contribution >= 4 is 44.4 Å². The minimum atomic E-state index is 0.889. The first kappa shape index (κ1) is 18.8. The minimum absolute atomic E-state index is 0.889. The average Bonchev–Trinajstić information content (AvgIpc) is 3.34. The summed E-state index contributed by atoms with van der Waals surface area (Å²) in [5.74, 6) is 0. The summed E-state index contributed by atoms with van der Waals surface area (Å²) in [5.41, 5.74) is 9.43. The number of benzene rings is 5. The van der Waals surface area contributed by atoms with Gasteiger partial charge in [0.1, 0.15) is 11.0 Å². The predicted octanol–water partition coefficient (Wildman–Crippen LogP) is 7.42. The zero-order valence-corrected chi connectivity index (χ0v) is 18.4. The van der Waals surface area contributed by atoms with E-state index in [4.69, 9.17) is 10.2 Å². The molecule has 0 amide bonds. The highest BCUT2D eigenvalue weighted by Gasteiger charge is 2.25. The van der Waals surface area contributed by atoms with E-state index >= 15 is 0 Å². The van der Waals surface area contributed by atoms with Gasteiger partial charge < -0.3 is 4.90 Å². The number of nitrogens with zero attached hydrogens (tertiary/aromatic N) is 4. The van der Waals surface area contributed by atoms with Gasteiger partial charge in [0, 0.05) is 22.2 Å². The van der Waals surface area contributed by atoms with E-state index in [0.29, 0.717) is 0 Å². The molecule has 7 rings (SSSR count). The van der Waals surface area contributed by atoms with Crippen molar-refractivity contribution in [3.8, 4) is 5.69 Å². The predicted molar refractivity (Wildman–Crippen MR) is 139 cm³/mol. The Balaban J connectivity index is 1.34. The number of aromatic nitrogens is 3. The molecule has 34 heavy (non-hydrogen) atoms. The number of rotatable bonds is 2. The molecule has 160 valence electrons. The Morgan fingerprint density at radius 1 is 0.559 bits per heavy atom. The number of fused-ring (bicyclic) bond motifs is 5. The number of para-hydroxylation sites is 2. The first-order valence-corrected chi connectivity index (χ1v) is 11.3. The van der Waals surface area contributed by atoms with Crippen molar-refractivity contribution in [3.63, 3.8) is 0 Å². The summed E-state index contributed by atoms with van der Waals surface area (Å²) in [7, 11) is 0. The molecule has 0 N–H and O–H groups in total. The maximum absolute atomic E-state index is 4.82. The molecule has 1 aliphatic rings. The van der Waals surface area contributed by atoms with Crippen molar-refractivity contribution in [2.24, 2.45) is 0 Å². The molecule has 4 nitrogen and oxygen atoms in total. The normalized spacial score (nSPS) is 12.7. The minimum Gasteiger partial charge on any atom is -0.309 e. The maximum Gasteiger partial charge on any atom is 0.121 e. The van der Waals surface area contributed by atoms with E-state index in [1.165, 1.54) is 5.39 Å². The van der Waals surface area contributed by atoms with Crippen molar-refractivity contribution in [3.05, 3.63) is 127 Å². The first-order chi connectivity index (χ1) is 16.8. The SMILES string of the molecule is C=C1c2ccccc2N(c2ccc(-n3nc4ccc5ccccc5c4n3)cc2)c2ccccc21. The fourth-order valence-electron chi connectivity index (χ4n) is 4.90. The van der Waals surface area contributed by atoms with Crippen LogP contribution in [0, 0.1) is 0 Å². The van der Waals surface area contributed by atoms with Crippen molar-refractivity contribution in [1.82, 2.24) is 15.0 Å². The Bertz CT molecular complexity index is 1680. The zero-order chi connectivity index (χ0) is 22.6. The average molecular weight is 437 g/mol. The molecule has 0 bridgehead atoms. The molecule has 0 atom stereocenters. The summed E-state index contributed by atoms with van der Waals surface area (Å²) in [5, 5.41) is 11.8. The van der Waals surface area contributed by atoms with Crippen LogP contribution in [0.25, 0.3) is 33.1 Å². The van der Waals surface area contributed by atoms with Crippen LogP contribution in [-0.2, 0) is 0 Å². The summed E-state index contributed by atoms with van der Waals surface area (Å²) in [6, 6.07) is 37.7. The van der Waals surface area contributed by atoms with Gasteiger partial charge >= 0.3 is 0 Å². The van der Waals surface area contributed by atoms with Crippen LogP contribution in [0.4, 0.5) is 17.1 Å². The fourth-order valence-corrected chi connectivity index (χ4v) is 4.90. The topological polar surface area (TPSA) is 34.0 Å². The maximum atomic E-state index is 4.82. The van der Waals surface area contributed by atoms with Crippen LogP contribution >= 0.6 is 0 Å². The summed E-state index contributed by atoms with van der Waals surface area (Å²) in [6.07, 6.45) is 0. The highest BCUT2D eigenvalue weighted by molar-refractivity contribution is 6.03. The Labute approximate surface area is 197 Å². The molecule has 0 saturated carbocycles. The highest BCUT2D eigenvalue weighted by atomic mass is 15.5. The third-order valence-corrected chi connectivity index (χ3v) is 6.56. The van der Waals surface area contributed by atoms with Crippen molar-refractivity contribution in [2.45, 2.75) is 0 Å². The summed E-state index contributed by atoms with van der Waals surface area (Å²) >= 11 is 0. The molecule has 2 heterocycles. The van der Waals surface area contributed by atoms with Gasteiger partial charge in [-0.2, -0.15) is 4.80 Å². The summed E-state index contributed by atoms with van der Waals surface area (Å²) < 4.78 is 0. The van der Waals surface area contributed by atoms with E-state index in [1.54, 1.807) is 4.80 Å². The van der Waals surface area contributed by atoms with Crippen molar-refractivity contribution in [2.75, 3.05) is 4.90 Å². The number of anilines is 3. The van der Waals surface area contributed by atoms with Crippen LogP contribution in [0.5, 0.6) is 0 Å². The smallest absolute Gasteiger partial charge is 0.121 e. The Morgan fingerprint density at radius 2 is 1.18 bits per heavy atom. The monoisotopic (exact) mass is 436 g/mol. The van der Waals surface area contributed by atoms with E-state index in [2.05, 4.69) is 102 Å². The Morgan fingerprint density at radius 3 is 1.91 bits per heavy atom. The lowest BCUT2D eigenvalue weighted by Gasteiger charge is -2.34.